The van der Waals surface area contributed by atoms with E-state index >= 15 is 0 Å². The molecule has 0 fully saturated rings. The first-order chi connectivity index (χ1) is 9.93. The molecule has 5 nitrogen and oxygen atoms in total. The third kappa shape index (κ3) is 3.13. The molecule has 0 aliphatic heterocycles. The number of H-pyrrole nitrogens is 1. The standard InChI is InChI=1S/C16H20N2O3/c1-5-21-16(20)15-13(9-18(3)4)12-8-11(10(2)19)6-7-14(12)17-15/h6-8,17H,5,9H2,1-4H3. The summed E-state index contributed by atoms with van der Waals surface area (Å²) < 4.78 is 5.10. The summed E-state index contributed by atoms with van der Waals surface area (Å²) in [6.45, 7) is 4.23. The maximum absolute atomic E-state index is 12.1. The second-order valence-electron chi connectivity index (χ2n) is 5.25. The van der Waals surface area contributed by atoms with Gasteiger partial charge in [0.15, 0.2) is 5.78 Å². The molecule has 0 atom stereocenters. The minimum Gasteiger partial charge on any atom is -0.461 e. The number of esters is 1. The smallest absolute Gasteiger partial charge is 0.355 e. The van der Waals surface area contributed by atoms with Gasteiger partial charge in [0, 0.05) is 28.6 Å². The highest BCUT2D eigenvalue weighted by Crippen LogP contribution is 2.25. The molecule has 0 spiro atoms. The van der Waals surface area contributed by atoms with Crippen molar-refractivity contribution >= 4 is 22.7 Å². The van der Waals surface area contributed by atoms with Gasteiger partial charge in [0.1, 0.15) is 5.69 Å². The van der Waals surface area contributed by atoms with Crippen molar-refractivity contribution in [2.75, 3.05) is 20.7 Å². The highest BCUT2D eigenvalue weighted by molar-refractivity contribution is 6.02. The van der Waals surface area contributed by atoms with E-state index in [1.54, 1.807) is 13.0 Å². The third-order valence-corrected chi connectivity index (χ3v) is 3.27. The zero-order valence-electron chi connectivity index (χ0n) is 12.8. The van der Waals surface area contributed by atoms with Gasteiger partial charge in [-0.15, -0.1) is 0 Å². The van der Waals surface area contributed by atoms with E-state index in [-0.39, 0.29) is 11.8 Å². The number of carbonyl (C=O) groups is 2. The van der Waals surface area contributed by atoms with E-state index in [9.17, 15) is 9.59 Å². The summed E-state index contributed by atoms with van der Waals surface area (Å²) in [4.78, 5) is 28.7. The van der Waals surface area contributed by atoms with Gasteiger partial charge in [0.2, 0.25) is 0 Å². The summed E-state index contributed by atoms with van der Waals surface area (Å²) >= 11 is 0. The number of benzene rings is 1. The molecule has 5 heteroatoms. The lowest BCUT2D eigenvalue weighted by atomic mass is 10.1. The molecule has 0 aliphatic carbocycles. The molecule has 0 radical (unpaired) electrons. The summed E-state index contributed by atoms with van der Waals surface area (Å²) in [7, 11) is 3.87. The number of Topliss-reactive ketones (excluding diaryl/α,β-unsaturated/α-hetero) is 1. The van der Waals surface area contributed by atoms with Crippen LogP contribution in [0.25, 0.3) is 10.9 Å². The number of ketones is 1. The number of hydrogen-bond acceptors (Lipinski definition) is 4. The molecule has 1 N–H and O–H groups in total. The Kier molecular flexibility index (Phi) is 4.43. The topological polar surface area (TPSA) is 62.4 Å². The van der Waals surface area contributed by atoms with Gasteiger partial charge in [-0.05, 0) is 46.1 Å². The van der Waals surface area contributed by atoms with Crippen LogP contribution in [0.4, 0.5) is 0 Å². The molecule has 0 saturated heterocycles. The molecule has 2 aromatic rings. The maximum atomic E-state index is 12.1. The summed E-state index contributed by atoms with van der Waals surface area (Å²) in [5.74, 6) is -0.360. The predicted molar refractivity (Wildman–Crippen MR) is 81.7 cm³/mol. The van der Waals surface area contributed by atoms with Crippen LogP contribution in [-0.2, 0) is 11.3 Å². The van der Waals surface area contributed by atoms with Crippen molar-refractivity contribution in [3.63, 3.8) is 0 Å². The van der Waals surface area contributed by atoms with Crippen LogP contribution in [0.2, 0.25) is 0 Å². The van der Waals surface area contributed by atoms with Crippen molar-refractivity contribution in [3.8, 4) is 0 Å². The van der Waals surface area contributed by atoms with Crippen LogP contribution in [0.3, 0.4) is 0 Å². The highest BCUT2D eigenvalue weighted by atomic mass is 16.5. The van der Waals surface area contributed by atoms with Crippen LogP contribution in [0.1, 0.15) is 40.3 Å². The average Bonchev–Trinajstić information content (AvgIpc) is 2.76. The number of aromatic nitrogens is 1. The normalized spacial score (nSPS) is 11.1. The lowest BCUT2D eigenvalue weighted by molar-refractivity contribution is 0.0518. The molecule has 21 heavy (non-hydrogen) atoms. The van der Waals surface area contributed by atoms with Crippen molar-refractivity contribution in [2.24, 2.45) is 0 Å². The zero-order valence-corrected chi connectivity index (χ0v) is 12.8. The Bertz CT molecular complexity index is 686. The van der Waals surface area contributed by atoms with Crippen molar-refractivity contribution in [1.82, 2.24) is 9.88 Å². The number of hydrogen-bond donors (Lipinski definition) is 1. The third-order valence-electron chi connectivity index (χ3n) is 3.27. The molecule has 112 valence electrons. The highest BCUT2D eigenvalue weighted by Gasteiger charge is 2.19. The minimum atomic E-state index is -0.366. The van der Waals surface area contributed by atoms with Gasteiger partial charge in [0.05, 0.1) is 6.61 Å². The van der Waals surface area contributed by atoms with Gasteiger partial charge >= 0.3 is 5.97 Å². The van der Waals surface area contributed by atoms with Gasteiger partial charge in [-0.2, -0.15) is 0 Å². The van der Waals surface area contributed by atoms with Crippen molar-refractivity contribution < 1.29 is 14.3 Å². The monoisotopic (exact) mass is 288 g/mol. The molecule has 0 saturated carbocycles. The first kappa shape index (κ1) is 15.3. The Labute approximate surface area is 123 Å². The van der Waals surface area contributed by atoms with Gasteiger partial charge < -0.3 is 14.6 Å². The van der Waals surface area contributed by atoms with E-state index in [4.69, 9.17) is 4.74 Å². The van der Waals surface area contributed by atoms with E-state index in [0.717, 1.165) is 16.5 Å². The van der Waals surface area contributed by atoms with E-state index in [2.05, 4.69) is 4.98 Å². The first-order valence-corrected chi connectivity index (χ1v) is 6.91. The largest absolute Gasteiger partial charge is 0.461 e. The second kappa shape index (κ2) is 6.10. The van der Waals surface area contributed by atoms with Crippen molar-refractivity contribution in [1.29, 1.82) is 0 Å². The number of carbonyl (C=O) groups excluding carboxylic acids is 2. The maximum Gasteiger partial charge on any atom is 0.355 e. The fourth-order valence-electron chi connectivity index (χ4n) is 2.32. The van der Waals surface area contributed by atoms with E-state index < -0.39 is 0 Å². The molecule has 0 bridgehead atoms. The molecular formula is C16H20N2O3. The molecule has 0 amide bonds. The second-order valence-corrected chi connectivity index (χ2v) is 5.25. The van der Waals surface area contributed by atoms with Gasteiger partial charge in [-0.1, -0.05) is 0 Å². The molecule has 1 heterocycles. The van der Waals surface area contributed by atoms with Crippen molar-refractivity contribution in [3.05, 3.63) is 35.0 Å². The quantitative estimate of drug-likeness (QED) is 0.678. The van der Waals surface area contributed by atoms with E-state index in [1.165, 1.54) is 6.92 Å². The molecule has 1 aromatic heterocycles. The Morgan fingerprint density at radius 3 is 2.57 bits per heavy atom. The van der Waals surface area contributed by atoms with Gasteiger partial charge in [-0.25, -0.2) is 4.79 Å². The zero-order chi connectivity index (χ0) is 15.6. The fraction of sp³-hybridized carbons (Fsp3) is 0.375. The number of rotatable bonds is 5. The number of aromatic amines is 1. The lowest BCUT2D eigenvalue weighted by Crippen LogP contribution is -2.15. The number of nitrogens with zero attached hydrogens (tertiary/aromatic N) is 1. The van der Waals surface area contributed by atoms with Gasteiger partial charge in [-0.3, -0.25) is 4.79 Å². The molecular weight excluding hydrogens is 268 g/mol. The van der Waals surface area contributed by atoms with Crippen LogP contribution in [-0.4, -0.2) is 42.3 Å². The van der Waals surface area contributed by atoms with Crippen LogP contribution < -0.4 is 0 Å². The fourth-order valence-corrected chi connectivity index (χ4v) is 2.32. The van der Waals surface area contributed by atoms with Crippen LogP contribution in [0.5, 0.6) is 0 Å². The summed E-state index contributed by atoms with van der Waals surface area (Å²) in [5.41, 5.74) is 2.79. The predicted octanol–water partition coefficient (Wildman–Crippen LogP) is 2.61. The first-order valence-electron chi connectivity index (χ1n) is 6.91. The summed E-state index contributed by atoms with van der Waals surface area (Å²) in [6.07, 6.45) is 0. The van der Waals surface area contributed by atoms with Crippen LogP contribution >= 0.6 is 0 Å². The van der Waals surface area contributed by atoms with Crippen molar-refractivity contribution in [2.45, 2.75) is 20.4 Å². The molecule has 2 rings (SSSR count). The SMILES string of the molecule is CCOC(=O)c1[nH]c2ccc(C(C)=O)cc2c1CN(C)C. The summed E-state index contributed by atoms with van der Waals surface area (Å²) in [5, 5.41) is 0.888. The van der Waals surface area contributed by atoms with E-state index in [0.29, 0.717) is 24.4 Å². The molecule has 0 aliphatic rings. The Morgan fingerprint density at radius 1 is 1.29 bits per heavy atom. The van der Waals surface area contributed by atoms with Crippen LogP contribution in [0.15, 0.2) is 18.2 Å². The Balaban J connectivity index is 2.62. The number of fused-ring (bicyclic) bond motifs is 1. The van der Waals surface area contributed by atoms with E-state index in [1.807, 2.05) is 31.1 Å². The Morgan fingerprint density at radius 2 is 2.00 bits per heavy atom. The molecule has 1 aromatic carbocycles. The van der Waals surface area contributed by atoms with Gasteiger partial charge in [0.25, 0.3) is 0 Å². The average molecular weight is 288 g/mol. The molecule has 0 unspecified atom stereocenters. The number of nitrogens with one attached hydrogen (secondary N) is 1. The minimum absolute atomic E-state index is 0.00610. The Hall–Kier alpha value is -2.14. The lowest BCUT2D eigenvalue weighted by Gasteiger charge is -2.11. The van der Waals surface area contributed by atoms with Crippen LogP contribution in [0, 0.1) is 0 Å². The summed E-state index contributed by atoms with van der Waals surface area (Å²) in [6, 6.07) is 5.42. The number of ether oxygens (including phenoxy) is 1.